The first-order chi connectivity index (χ1) is 14.8. The summed E-state index contributed by atoms with van der Waals surface area (Å²) in [5.41, 5.74) is 2.73. The number of benzene rings is 1. The Morgan fingerprint density at radius 1 is 0.806 bits per heavy atom. The van der Waals surface area contributed by atoms with Crippen molar-refractivity contribution in [1.29, 1.82) is 0 Å². The molecular weight excluding hydrogens is 436 g/mol. The van der Waals surface area contributed by atoms with E-state index in [0.29, 0.717) is 18.2 Å². The Morgan fingerprint density at radius 3 is 1.55 bits per heavy atom. The summed E-state index contributed by atoms with van der Waals surface area (Å²) in [5, 5.41) is 0. The van der Waals surface area contributed by atoms with E-state index in [-0.39, 0.29) is 17.4 Å². The molecule has 1 saturated heterocycles. The fourth-order valence-electron chi connectivity index (χ4n) is 4.51. The van der Waals surface area contributed by atoms with Crippen molar-refractivity contribution < 1.29 is 40.8 Å². The average molecular weight is 469 g/mol. The summed E-state index contributed by atoms with van der Waals surface area (Å²) in [7, 11) is 3.61. The summed E-state index contributed by atoms with van der Waals surface area (Å²) >= 11 is 0. The molecule has 1 aromatic rings. The van der Waals surface area contributed by atoms with Gasteiger partial charge in [0.15, 0.2) is 0 Å². The molecule has 1 aliphatic carbocycles. The monoisotopic (exact) mass is 468 g/mol. The molecule has 2 aliphatic rings. The molecule has 1 aromatic carbocycles. The Balaban J connectivity index is 0. The Hall–Kier alpha value is -1.19. The molecule has 0 aromatic heterocycles. The van der Waals surface area contributed by atoms with Crippen LogP contribution < -0.4 is 0 Å². The number of hydrogen-bond acceptors (Lipinski definition) is 4. The summed E-state index contributed by atoms with van der Waals surface area (Å²) in [5.74, 6) is 0. The minimum Gasteiger partial charge on any atom is 0 e. The first-order valence-electron chi connectivity index (χ1n) is 9.93. The van der Waals surface area contributed by atoms with Gasteiger partial charge in [-0.2, -0.15) is 0 Å². The van der Waals surface area contributed by atoms with Crippen LogP contribution in [-0.4, -0.2) is 62.4 Å². The molecule has 0 radical (unpaired) electrons. The third-order valence-corrected chi connectivity index (χ3v) is 5.66. The van der Waals surface area contributed by atoms with Gasteiger partial charge in [0, 0.05) is 56.8 Å². The van der Waals surface area contributed by atoms with Crippen molar-refractivity contribution in [2.24, 2.45) is 0 Å². The van der Waals surface area contributed by atoms with Gasteiger partial charge in [0.1, 0.15) is 0 Å². The van der Waals surface area contributed by atoms with Crippen LogP contribution in [0.15, 0.2) is 24.3 Å². The van der Waals surface area contributed by atoms with Crippen LogP contribution in [0.25, 0.3) is 0 Å². The number of ether oxygens (including phenoxy) is 2. The topological polar surface area (TPSA) is 84.6 Å². The number of aryl methyl sites for hydroxylation is 1. The Morgan fingerprint density at radius 2 is 1.19 bits per heavy atom. The van der Waals surface area contributed by atoms with Gasteiger partial charge in [-0.05, 0) is 25.3 Å². The molecule has 0 spiro atoms. The van der Waals surface area contributed by atoms with Gasteiger partial charge in [-0.1, -0.05) is 42.7 Å². The molecule has 0 bridgehead atoms. The predicted molar refractivity (Wildman–Crippen MR) is 109 cm³/mol. The predicted octanol–water partition coefficient (Wildman–Crippen LogP) is 3.10. The zero-order chi connectivity index (χ0) is 22.9. The van der Waals surface area contributed by atoms with Gasteiger partial charge in [-0.25, -0.2) is 0 Å². The van der Waals surface area contributed by atoms with E-state index in [9.17, 15) is 0 Å². The first-order valence-corrected chi connectivity index (χ1v) is 9.93. The summed E-state index contributed by atoms with van der Waals surface area (Å²) < 4.78 is 33.3. The van der Waals surface area contributed by atoms with E-state index in [4.69, 9.17) is 23.4 Å². The van der Waals surface area contributed by atoms with Crippen molar-refractivity contribution in [2.75, 3.05) is 40.5 Å². The smallest absolute Gasteiger partial charge is 0 e. The Labute approximate surface area is 197 Å². The molecule has 31 heavy (non-hydrogen) atoms. The fourth-order valence-corrected chi connectivity index (χ4v) is 4.51. The number of hydrogen-bond donors (Lipinski definition) is 0. The average Bonchev–Trinajstić information content (AvgIpc) is 3.14. The van der Waals surface area contributed by atoms with Gasteiger partial charge < -0.3 is 9.47 Å². The van der Waals surface area contributed by atoms with E-state index in [1.165, 1.54) is 36.8 Å². The fraction of sp³-hybridized carbons (Fsp3) is 0.609. The van der Waals surface area contributed by atoms with E-state index in [0.717, 1.165) is 26.3 Å². The van der Waals surface area contributed by atoms with Crippen molar-refractivity contribution in [2.45, 2.75) is 50.9 Å². The van der Waals surface area contributed by atoms with E-state index in [1.54, 1.807) is 14.2 Å². The standard InChI is InChI=1S/C20H32N2O2.3CO.Cr/c1-16-8-10-17(11-9-16)20-21(12-14-23-2)18-6-4-5-7-19(18)22(20)13-15-24-3;3*1-2;/h8-11,18-20H,4-7,12-15H2,1-3H3;;;;/t18-,19-;;;;/m1..../s1. The van der Waals surface area contributed by atoms with Crippen LogP contribution in [0.1, 0.15) is 43.0 Å². The zero-order valence-electron chi connectivity index (χ0n) is 18.5. The Kier molecular flexibility index (Phi) is 20.1. The van der Waals surface area contributed by atoms with Gasteiger partial charge in [0.2, 0.25) is 0 Å². The molecule has 7 nitrogen and oxygen atoms in total. The van der Waals surface area contributed by atoms with E-state index < -0.39 is 0 Å². The number of nitrogens with zero attached hydrogens (tertiary/aromatic N) is 2. The maximum absolute atomic E-state index is 7.50. The summed E-state index contributed by atoms with van der Waals surface area (Å²) in [6, 6.07) is 10.4. The molecule has 2 atom stereocenters. The molecule has 0 amide bonds. The maximum Gasteiger partial charge on any atom is 0 e. The molecule has 170 valence electrons. The van der Waals surface area contributed by atoms with Crippen LogP contribution in [0.3, 0.4) is 0 Å². The number of methoxy groups -OCH3 is 2. The van der Waals surface area contributed by atoms with Gasteiger partial charge in [-0.15, -0.1) is 0 Å². The number of rotatable bonds is 7. The normalized spacial score (nSPS) is 20.3. The molecule has 1 saturated carbocycles. The Bertz CT molecular complexity index is 597. The molecule has 3 rings (SSSR count). The second-order valence-electron chi connectivity index (χ2n) is 7.16. The van der Waals surface area contributed by atoms with E-state index in [1.807, 2.05) is 0 Å². The van der Waals surface area contributed by atoms with Crippen molar-refractivity contribution >= 4 is 0 Å². The minimum absolute atomic E-state index is 0. The van der Waals surface area contributed by atoms with Crippen molar-refractivity contribution in [3.05, 3.63) is 55.3 Å². The van der Waals surface area contributed by atoms with Crippen molar-refractivity contribution in [1.82, 2.24) is 9.80 Å². The third kappa shape index (κ3) is 9.06. The molecule has 2 fully saturated rings. The minimum atomic E-state index is 0. The van der Waals surface area contributed by atoms with E-state index in [2.05, 4.69) is 60.9 Å². The largest absolute Gasteiger partial charge is 0 e. The quantitative estimate of drug-likeness (QED) is 0.455. The van der Waals surface area contributed by atoms with Crippen molar-refractivity contribution in [3.8, 4) is 0 Å². The summed E-state index contributed by atoms with van der Waals surface area (Å²) in [6.45, 7) is 19.2. The maximum atomic E-state index is 7.50. The second-order valence-corrected chi connectivity index (χ2v) is 7.16. The van der Waals surface area contributed by atoms with Crippen LogP contribution in [-0.2, 0) is 40.8 Å². The molecule has 1 heterocycles. The van der Waals surface area contributed by atoms with Crippen molar-refractivity contribution in [3.63, 3.8) is 0 Å². The van der Waals surface area contributed by atoms with Gasteiger partial charge in [0.25, 0.3) is 0 Å². The third-order valence-electron chi connectivity index (χ3n) is 5.66. The van der Waals surface area contributed by atoms with Crippen LogP contribution >= 0.6 is 0 Å². The van der Waals surface area contributed by atoms with Gasteiger partial charge >= 0.3 is 33.9 Å². The van der Waals surface area contributed by atoms with Gasteiger partial charge in [0.05, 0.1) is 19.4 Å². The number of fused-ring (bicyclic) bond motifs is 1. The molecular formula is C23H32CrN2O5. The van der Waals surface area contributed by atoms with Crippen LogP contribution in [0.4, 0.5) is 0 Å². The SMILES string of the molecule is COCCN1C(c2ccc(C)cc2)N(CCOC)[C@@H]2CCCC[C@H]21.[C-]#[O+].[C-]#[O+].[C-]#[O+].[Cr]. The van der Waals surface area contributed by atoms with Crippen LogP contribution in [0.5, 0.6) is 0 Å². The van der Waals surface area contributed by atoms with Crippen LogP contribution in [0.2, 0.25) is 0 Å². The van der Waals surface area contributed by atoms with Crippen LogP contribution in [0, 0.1) is 26.9 Å². The summed E-state index contributed by atoms with van der Waals surface area (Å²) in [4.78, 5) is 5.38. The van der Waals surface area contributed by atoms with E-state index >= 15 is 0 Å². The summed E-state index contributed by atoms with van der Waals surface area (Å²) in [6.07, 6.45) is 5.66. The zero-order valence-corrected chi connectivity index (χ0v) is 19.8. The molecule has 8 heteroatoms. The molecule has 1 aliphatic heterocycles. The molecule has 0 N–H and O–H groups in total. The molecule has 0 unspecified atom stereocenters. The second kappa shape index (κ2) is 19.5. The first kappa shape index (κ1) is 32.0. The van der Waals surface area contributed by atoms with Gasteiger partial charge in [-0.3, -0.25) is 9.80 Å².